The predicted molar refractivity (Wildman–Crippen MR) is 122 cm³/mol. The first-order valence-corrected chi connectivity index (χ1v) is 10.6. The van der Waals surface area contributed by atoms with Gasteiger partial charge in [-0.25, -0.2) is 4.98 Å². The molecule has 0 spiro atoms. The first-order chi connectivity index (χ1) is 15.1. The zero-order valence-corrected chi connectivity index (χ0v) is 17.8. The van der Waals surface area contributed by atoms with Crippen molar-refractivity contribution >= 4 is 17.2 Å². The Balaban J connectivity index is 1.43. The summed E-state index contributed by atoms with van der Waals surface area (Å²) in [4.78, 5) is 26.7. The second-order valence-corrected chi connectivity index (χ2v) is 7.97. The number of anilines is 1. The van der Waals surface area contributed by atoms with Crippen molar-refractivity contribution in [2.24, 2.45) is 0 Å². The van der Waals surface area contributed by atoms with Gasteiger partial charge in [0.2, 0.25) is 0 Å². The monoisotopic (exact) mass is 411 g/mol. The Hall–Kier alpha value is -3.67. The third kappa shape index (κ3) is 3.44. The number of hydrogen-bond donors (Lipinski definition) is 0. The van der Waals surface area contributed by atoms with Crippen LogP contribution in [-0.4, -0.2) is 51.4 Å². The minimum absolute atomic E-state index is 0.0175. The van der Waals surface area contributed by atoms with E-state index in [-0.39, 0.29) is 5.91 Å². The highest BCUT2D eigenvalue weighted by atomic mass is 16.2. The molecule has 1 saturated heterocycles. The van der Waals surface area contributed by atoms with Crippen molar-refractivity contribution in [3.05, 3.63) is 83.9 Å². The Morgan fingerprint density at radius 1 is 0.903 bits per heavy atom. The lowest BCUT2D eigenvalue weighted by atomic mass is 10.1. The number of hydrogen-bond acceptors (Lipinski definition) is 4. The maximum atomic E-state index is 13.5. The zero-order valence-electron chi connectivity index (χ0n) is 17.8. The molecular weight excluding hydrogens is 386 g/mol. The Morgan fingerprint density at radius 2 is 1.68 bits per heavy atom. The van der Waals surface area contributed by atoms with Crippen molar-refractivity contribution in [3.8, 4) is 11.3 Å². The van der Waals surface area contributed by atoms with E-state index in [2.05, 4.69) is 41.9 Å². The molecule has 31 heavy (non-hydrogen) atoms. The standard InChI is InChI=1S/C25H25N5O/c1-18-6-5-7-21(19(18)2)28-14-16-29(17-15-28)25(31)23-24(20-9-11-26-12-10-20)30-13-4-3-8-22(30)27-23/h3-13H,14-17H2,1-2H3. The summed E-state index contributed by atoms with van der Waals surface area (Å²) in [7, 11) is 0. The number of nitrogens with zero attached hydrogens (tertiary/aromatic N) is 5. The van der Waals surface area contributed by atoms with Crippen molar-refractivity contribution < 1.29 is 4.79 Å². The van der Waals surface area contributed by atoms with Crippen LogP contribution in [0.5, 0.6) is 0 Å². The van der Waals surface area contributed by atoms with Crippen molar-refractivity contribution in [2.45, 2.75) is 13.8 Å². The lowest BCUT2D eigenvalue weighted by Gasteiger charge is -2.37. The lowest BCUT2D eigenvalue weighted by Crippen LogP contribution is -2.49. The molecule has 4 aromatic rings. The Morgan fingerprint density at radius 3 is 2.45 bits per heavy atom. The van der Waals surface area contributed by atoms with E-state index in [1.165, 1.54) is 16.8 Å². The van der Waals surface area contributed by atoms with Gasteiger partial charge < -0.3 is 9.80 Å². The fourth-order valence-electron chi connectivity index (χ4n) is 4.31. The van der Waals surface area contributed by atoms with Crippen LogP contribution in [0.1, 0.15) is 21.6 Å². The molecule has 156 valence electrons. The van der Waals surface area contributed by atoms with Gasteiger partial charge in [0.15, 0.2) is 5.69 Å². The highest BCUT2D eigenvalue weighted by Crippen LogP contribution is 2.28. The number of piperazine rings is 1. The third-order valence-electron chi connectivity index (χ3n) is 6.17. The zero-order chi connectivity index (χ0) is 21.4. The van der Waals surface area contributed by atoms with Gasteiger partial charge in [-0.15, -0.1) is 0 Å². The summed E-state index contributed by atoms with van der Waals surface area (Å²) < 4.78 is 1.98. The number of pyridine rings is 2. The van der Waals surface area contributed by atoms with Crippen LogP contribution in [0.2, 0.25) is 0 Å². The van der Waals surface area contributed by atoms with Gasteiger partial charge in [-0.1, -0.05) is 18.2 Å². The highest BCUT2D eigenvalue weighted by molar-refractivity contribution is 5.99. The number of carbonyl (C=O) groups excluding carboxylic acids is 1. The smallest absolute Gasteiger partial charge is 0.274 e. The molecule has 6 heteroatoms. The van der Waals surface area contributed by atoms with Crippen LogP contribution in [0.25, 0.3) is 16.9 Å². The maximum Gasteiger partial charge on any atom is 0.274 e. The van der Waals surface area contributed by atoms with Crippen LogP contribution < -0.4 is 4.90 Å². The summed E-state index contributed by atoms with van der Waals surface area (Å²) in [6.45, 7) is 7.29. The molecule has 5 rings (SSSR count). The molecule has 0 aliphatic carbocycles. The molecule has 0 atom stereocenters. The first-order valence-electron chi connectivity index (χ1n) is 10.6. The molecule has 1 aliphatic rings. The van der Waals surface area contributed by atoms with Gasteiger partial charge >= 0.3 is 0 Å². The number of amides is 1. The number of aromatic nitrogens is 3. The van der Waals surface area contributed by atoms with Crippen LogP contribution in [-0.2, 0) is 0 Å². The van der Waals surface area contributed by atoms with Gasteiger partial charge in [-0.2, -0.15) is 0 Å². The number of fused-ring (bicyclic) bond motifs is 1. The number of carbonyl (C=O) groups is 1. The summed E-state index contributed by atoms with van der Waals surface area (Å²) >= 11 is 0. The fourth-order valence-corrected chi connectivity index (χ4v) is 4.31. The maximum absolute atomic E-state index is 13.5. The van der Waals surface area contributed by atoms with E-state index in [0.717, 1.165) is 30.0 Å². The molecule has 1 aromatic carbocycles. The molecule has 0 N–H and O–H groups in total. The average molecular weight is 412 g/mol. The summed E-state index contributed by atoms with van der Waals surface area (Å²) in [5, 5.41) is 0. The van der Waals surface area contributed by atoms with Gasteiger partial charge in [0.1, 0.15) is 5.65 Å². The van der Waals surface area contributed by atoms with E-state index in [9.17, 15) is 4.79 Å². The second-order valence-electron chi connectivity index (χ2n) is 7.97. The Labute approximate surface area is 181 Å². The summed E-state index contributed by atoms with van der Waals surface area (Å²) in [5.74, 6) is -0.0175. The molecule has 1 fully saturated rings. The summed E-state index contributed by atoms with van der Waals surface area (Å²) in [6, 6.07) is 16.1. The molecule has 0 unspecified atom stereocenters. The molecule has 0 saturated carbocycles. The summed E-state index contributed by atoms with van der Waals surface area (Å²) in [6.07, 6.45) is 5.44. The Bertz CT molecular complexity index is 1240. The topological polar surface area (TPSA) is 53.7 Å². The first kappa shape index (κ1) is 19.3. The molecule has 0 radical (unpaired) electrons. The van der Waals surface area contributed by atoms with Gasteiger partial charge in [-0.3, -0.25) is 14.2 Å². The lowest BCUT2D eigenvalue weighted by molar-refractivity contribution is 0.0742. The minimum Gasteiger partial charge on any atom is -0.368 e. The molecule has 1 aliphatic heterocycles. The van der Waals surface area contributed by atoms with Gasteiger partial charge in [0, 0.05) is 56.0 Å². The average Bonchev–Trinajstić information content (AvgIpc) is 3.21. The van der Waals surface area contributed by atoms with Crippen molar-refractivity contribution in [1.82, 2.24) is 19.3 Å². The minimum atomic E-state index is -0.0175. The van der Waals surface area contributed by atoms with E-state index in [4.69, 9.17) is 4.98 Å². The van der Waals surface area contributed by atoms with Crippen molar-refractivity contribution in [1.29, 1.82) is 0 Å². The molecule has 1 amide bonds. The van der Waals surface area contributed by atoms with Crippen molar-refractivity contribution in [2.75, 3.05) is 31.1 Å². The van der Waals surface area contributed by atoms with Crippen molar-refractivity contribution in [3.63, 3.8) is 0 Å². The van der Waals surface area contributed by atoms with E-state index in [1.807, 2.05) is 45.8 Å². The fraction of sp³-hybridized carbons (Fsp3) is 0.240. The number of imidazole rings is 1. The van der Waals surface area contributed by atoms with E-state index in [0.29, 0.717) is 18.8 Å². The van der Waals surface area contributed by atoms with Gasteiger partial charge in [0.05, 0.1) is 5.69 Å². The largest absolute Gasteiger partial charge is 0.368 e. The van der Waals surface area contributed by atoms with E-state index in [1.54, 1.807) is 12.4 Å². The van der Waals surface area contributed by atoms with Crippen LogP contribution in [0.3, 0.4) is 0 Å². The number of aryl methyl sites for hydroxylation is 1. The number of rotatable bonds is 3. The molecular formula is C25H25N5O. The second kappa shape index (κ2) is 7.87. The highest BCUT2D eigenvalue weighted by Gasteiger charge is 2.28. The Kier molecular flexibility index (Phi) is 4.90. The SMILES string of the molecule is Cc1cccc(N2CCN(C(=O)c3nc4ccccn4c3-c3ccncc3)CC2)c1C. The third-order valence-corrected chi connectivity index (χ3v) is 6.17. The van der Waals surface area contributed by atoms with Gasteiger partial charge in [-0.05, 0) is 55.3 Å². The van der Waals surface area contributed by atoms with Crippen LogP contribution in [0.4, 0.5) is 5.69 Å². The molecule has 6 nitrogen and oxygen atoms in total. The quantitative estimate of drug-likeness (QED) is 0.512. The number of benzene rings is 1. The van der Waals surface area contributed by atoms with Crippen LogP contribution in [0.15, 0.2) is 67.1 Å². The van der Waals surface area contributed by atoms with Crippen LogP contribution in [0, 0.1) is 13.8 Å². The molecule has 0 bridgehead atoms. The van der Waals surface area contributed by atoms with E-state index >= 15 is 0 Å². The molecule has 3 aromatic heterocycles. The van der Waals surface area contributed by atoms with E-state index < -0.39 is 0 Å². The molecule has 4 heterocycles. The predicted octanol–water partition coefficient (Wildman–Crippen LogP) is 3.98. The van der Waals surface area contributed by atoms with Gasteiger partial charge in [0.25, 0.3) is 5.91 Å². The normalized spacial score (nSPS) is 14.3. The summed E-state index contributed by atoms with van der Waals surface area (Å²) in [5.41, 5.74) is 6.89. The van der Waals surface area contributed by atoms with Crippen LogP contribution >= 0.6 is 0 Å².